The number of halogens is 2. The standard InChI is InChI=1S/C31H27F2N/c1-18-12-25-23-5-3-2-4-21(23)15-26(25)27(13-18)30-28-14-20(22-10-11-31(32,33)16-22)8-9-24(28)29(17-34-30)19-6-7-19/h2-5,8-9,12-14,17,19,22H,6-7,10-11,15-16H2,1H3. The van der Waals surface area contributed by atoms with Crippen molar-refractivity contribution in [2.75, 3.05) is 0 Å². The summed E-state index contributed by atoms with van der Waals surface area (Å²) >= 11 is 0. The van der Waals surface area contributed by atoms with E-state index in [1.807, 2.05) is 0 Å². The van der Waals surface area contributed by atoms with E-state index in [1.165, 1.54) is 57.2 Å². The minimum atomic E-state index is -2.54. The third kappa shape index (κ3) is 3.20. The highest BCUT2D eigenvalue weighted by atomic mass is 19.3. The van der Waals surface area contributed by atoms with E-state index in [1.54, 1.807) is 0 Å². The number of hydrogen-bond donors (Lipinski definition) is 0. The van der Waals surface area contributed by atoms with E-state index in [9.17, 15) is 8.78 Å². The molecule has 0 radical (unpaired) electrons. The molecule has 0 spiro atoms. The highest BCUT2D eigenvalue weighted by Gasteiger charge is 2.40. The summed E-state index contributed by atoms with van der Waals surface area (Å²) in [5.41, 5.74) is 11.1. The highest BCUT2D eigenvalue weighted by molar-refractivity contribution is 5.99. The van der Waals surface area contributed by atoms with Crippen molar-refractivity contribution in [1.82, 2.24) is 4.98 Å². The van der Waals surface area contributed by atoms with Crippen LogP contribution in [0, 0.1) is 6.92 Å². The Balaban J connectivity index is 1.44. The molecule has 170 valence electrons. The zero-order chi connectivity index (χ0) is 23.0. The van der Waals surface area contributed by atoms with Gasteiger partial charge in [0.15, 0.2) is 0 Å². The van der Waals surface area contributed by atoms with Gasteiger partial charge in [-0.3, -0.25) is 4.98 Å². The number of rotatable bonds is 3. The van der Waals surface area contributed by atoms with Gasteiger partial charge >= 0.3 is 0 Å². The Morgan fingerprint density at radius 3 is 2.47 bits per heavy atom. The fourth-order valence-electron chi connectivity index (χ4n) is 6.29. The van der Waals surface area contributed by atoms with Crippen LogP contribution in [0.1, 0.15) is 71.8 Å². The van der Waals surface area contributed by atoms with Gasteiger partial charge in [0.25, 0.3) is 0 Å². The molecule has 4 aromatic rings. The van der Waals surface area contributed by atoms with Crippen LogP contribution in [-0.2, 0) is 6.42 Å². The summed E-state index contributed by atoms with van der Waals surface area (Å²) in [6.07, 6.45) is 5.91. The van der Waals surface area contributed by atoms with E-state index in [-0.39, 0.29) is 18.8 Å². The van der Waals surface area contributed by atoms with Crippen LogP contribution in [0.15, 0.2) is 60.8 Å². The zero-order valence-electron chi connectivity index (χ0n) is 19.4. The van der Waals surface area contributed by atoms with Gasteiger partial charge in [-0.2, -0.15) is 0 Å². The van der Waals surface area contributed by atoms with E-state index < -0.39 is 5.92 Å². The fourth-order valence-corrected chi connectivity index (χ4v) is 6.29. The maximum absolute atomic E-state index is 14.0. The average Bonchev–Trinajstić information content (AvgIpc) is 3.51. The lowest BCUT2D eigenvalue weighted by Crippen LogP contribution is -2.09. The summed E-state index contributed by atoms with van der Waals surface area (Å²) in [5.74, 6) is -2.04. The molecule has 2 saturated carbocycles. The summed E-state index contributed by atoms with van der Waals surface area (Å²) in [4.78, 5) is 5.07. The predicted octanol–water partition coefficient (Wildman–Crippen LogP) is 8.56. The molecule has 0 saturated heterocycles. The van der Waals surface area contributed by atoms with Crippen LogP contribution in [0.25, 0.3) is 33.2 Å². The van der Waals surface area contributed by atoms with Crippen molar-refractivity contribution in [2.24, 2.45) is 0 Å². The van der Waals surface area contributed by atoms with Crippen LogP contribution in [0.3, 0.4) is 0 Å². The van der Waals surface area contributed by atoms with E-state index in [0.29, 0.717) is 12.3 Å². The third-order valence-corrected chi connectivity index (χ3v) is 8.16. The Morgan fingerprint density at radius 2 is 1.68 bits per heavy atom. The molecule has 3 aliphatic rings. The topological polar surface area (TPSA) is 12.9 Å². The molecule has 7 rings (SSSR count). The fraction of sp³-hybridized carbons (Fsp3) is 0.323. The van der Waals surface area contributed by atoms with Crippen LogP contribution < -0.4 is 0 Å². The molecular formula is C31H27F2N. The Kier molecular flexibility index (Phi) is 4.31. The number of pyridine rings is 1. The first-order valence-electron chi connectivity index (χ1n) is 12.5. The smallest absolute Gasteiger partial charge is 0.248 e. The molecule has 1 heterocycles. The summed E-state index contributed by atoms with van der Waals surface area (Å²) in [5, 5.41) is 2.37. The highest BCUT2D eigenvalue weighted by Crippen LogP contribution is 2.49. The zero-order valence-corrected chi connectivity index (χ0v) is 19.4. The summed E-state index contributed by atoms with van der Waals surface area (Å²) in [6.45, 7) is 2.15. The lowest BCUT2D eigenvalue weighted by molar-refractivity contribution is 0.00777. The van der Waals surface area contributed by atoms with Gasteiger partial charge in [-0.25, -0.2) is 8.78 Å². The second-order valence-electron chi connectivity index (χ2n) is 10.6. The number of alkyl halides is 2. The second kappa shape index (κ2) is 7.21. The van der Waals surface area contributed by atoms with Crippen molar-refractivity contribution in [3.05, 3.63) is 88.6 Å². The SMILES string of the molecule is Cc1cc2c(c(-c3ncc(C4CC4)c4ccc(C5CCC(F)(F)C5)cc34)c1)Cc1ccccc1-2. The van der Waals surface area contributed by atoms with Crippen LogP contribution in [0.4, 0.5) is 8.78 Å². The number of fused-ring (bicyclic) bond motifs is 4. The average molecular weight is 452 g/mol. The first kappa shape index (κ1) is 20.3. The largest absolute Gasteiger partial charge is 0.255 e. The minimum absolute atomic E-state index is 0.00737. The van der Waals surface area contributed by atoms with Gasteiger partial charge in [0.2, 0.25) is 5.92 Å². The maximum Gasteiger partial charge on any atom is 0.248 e. The van der Waals surface area contributed by atoms with Gasteiger partial charge in [0, 0.05) is 30.0 Å². The number of hydrogen-bond acceptors (Lipinski definition) is 1. The van der Waals surface area contributed by atoms with Crippen molar-refractivity contribution in [3.63, 3.8) is 0 Å². The number of nitrogens with zero attached hydrogens (tertiary/aromatic N) is 1. The van der Waals surface area contributed by atoms with Crippen molar-refractivity contribution in [2.45, 2.75) is 63.2 Å². The Morgan fingerprint density at radius 1 is 0.853 bits per heavy atom. The second-order valence-corrected chi connectivity index (χ2v) is 10.6. The van der Waals surface area contributed by atoms with Crippen LogP contribution in [0.5, 0.6) is 0 Å². The minimum Gasteiger partial charge on any atom is -0.255 e. The molecule has 1 aromatic heterocycles. The quantitative estimate of drug-likeness (QED) is 0.268. The van der Waals surface area contributed by atoms with E-state index in [2.05, 4.69) is 67.7 Å². The number of aryl methyl sites for hydroxylation is 1. The van der Waals surface area contributed by atoms with E-state index >= 15 is 0 Å². The van der Waals surface area contributed by atoms with Crippen LogP contribution in [-0.4, -0.2) is 10.9 Å². The Hall–Kier alpha value is -3.07. The predicted molar refractivity (Wildman–Crippen MR) is 134 cm³/mol. The number of aromatic nitrogens is 1. The maximum atomic E-state index is 14.0. The molecule has 3 heteroatoms. The molecule has 0 aliphatic heterocycles. The van der Waals surface area contributed by atoms with Crippen LogP contribution in [0.2, 0.25) is 0 Å². The van der Waals surface area contributed by atoms with E-state index in [4.69, 9.17) is 4.98 Å². The van der Waals surface area contributed by atoms with Gasteiger partial charge in [-0.05, 0) is 101 Å². The van der Waals surface area contributed by atoms with E-state index in [0.717, 1.165) is 23.1 Å². The van der Waals surface area contributed by atoms with Gasteiger partial charge in [0.05, 0.1) is 5.69 Å². The van der Waals surface area contributed by atoms with Crippen LogP contribution >= 0.6 is 0 Å². The van der Waals surface area contributed by atoms with Crippen molar-refractivity contribution >= 4 is 10.8 Å². The number of benzene rings is 3. The Bertz CT molecular complexity index is 1460. The first-order chi connectivity index (χ1) is 16.5. The molecule has 1 unspecified atom stereocenters. The molecule has 0 bridgehead atoms. The molecule has 34 heavy (non-hydrogen) atoms. The molecule has 0 N–H and O–H groups in total. The molecule has 3 aliphatic carbocycles. The van der Waals surface area contributed by atoms with Gasteiger partial charge in [-0.1, -0.05) is 42.5 Å². The van der Waals surface area contributed by atoms with Crippen molar-refractivity contribution in [1.29, 1.82) is 0 Å². The van der Waals surface area contributed by atoms with Crippen molar-refractivity contribution in [3.8, 4) is 22.4 Å². The van der Waals surface area contributed by atoms with Gasteiger partial charge in [0.1, 0.15) is 0 Å². The van der Waals surface area contributed by atoms with Gasteiger partial charge in [-0.15, -0.1) is 0 Å². The van der Waals surface area contributed by atoms with Crippen molar-refractivity contribution < 1.29 is 8.78 Å². The molecule has 3 aromatic carbocycles. The molecule has 0 amide bonds. The normalized spacial score (nSPS) is 20.5. The lowest BCUT2D eigenvalue weighted by atomic mass is 9.89. The molecule has 1 nitrogen and oxygen atoms in total. The molecular weight excluding hydrogens is 424 g/mol. The first-order valence-corrected chi connectivity index (χ1v) is 12.5. The Labute approximate surface area is 198 Å². The summed E-state index contributed by atoms with van der Waals surface area (Å²) < 4.78 is 28.1. The summed E-state index contributed by atoms with van der Waals surface area (Å²) in [7, 11) is 0. The molecule has 1 atom stereocenters. The third-order valence-electron chi connectivity index (χ3n) is 8.16. The summed E-state index contributed by atoms with van der Waals surface area (Å²) in [6, 6.07) is 19.7. The molecule has 2 fully saturated rings. The lowest BCUT2D eigenvalue weighted by Gasteiger charge is -2.17. The van der Waals surface area contributed by atoms with Gasteiger partial charge < -0.3 is 0 Å². The monoisotopic (exact) mass is 451 g/mol.